The van der Waals surface area contributed by atoms with E-state index >= 15 is 0 Å². The van der Waals surface area contributed by atoms with Gasteiger partial charge in [0.25, 0.3) is 11.8 Å². The number of thiazole rings is 1. The molecular weight excluding hydrogens is 771 g/mol. The molecule has 1 aromatic carbocycles. The van der Waals surface area contributed by atoms with Gasteiger partial charge in [-0.3, -0.25) is 23.9 Å². The van der Waals surface area contributed by atoms with Gasteiger partial charge in [-0.25, -0.2) is 13.4 Å². The second-order valence-electron chi connectivity index (χ2n) is 15.2. The molecule has 0 radical (unpaired) electrons. The molecule has 18 heteroatoms. The molecule has 1 saturated heterocycles. The van der Waals surface area contributed by atoms with Crippen LogP contribution in [0.25, 0.3) is 22.0 Å². The molecule has 3 N–H and O–H groups in total. The summed E-state index contributed by atoms with van der Waals surface area (Å²) >= 11 is 1.40. The lowest BCUT2D eigenvalue weighted by Crippen LogP contribution is -2.58. The Bertz CT molecular complexity index is 2300. The number of hydrogen-bond donors (Lipinski definition) is 3. The average molecular weight is 816 g/mol. The number of allylic oxidation sites excluding steroid dienone is 1. The van der Waals surface area contributed by atoms with Gasteiger partial charge in [-0.2, -0.15) is 9.90 Å². The van der Waals surface area contributed by atoms with E-state index in [0.29, 0.717) is 59.9 Å². The van der Waals surface area contributed by atoms with Crippen molar-refractivity contribution in [1.82, 2.24) is 44.8 Å². The zero-order valence-electron chi connectivity index (χ0n) is 31.7. The SMILES string of the molecule is COc1ccc(-c2nn([C@@H]3C[C@H]4C(=O)N[C@]5(C(=O)NS(=O)(=O)C6CC6)C[C@H]5/C=C/CCCCC[C@@H](NC(=O)c5cccn5C)C(=O)N4C3)nc2-c2nccs2)cc1. The van der Waals surface area contributed by atoms with E-state index in [-0.39, 0.29) is 19.4 Å². The number of aromatic nitrogens is 5. The van der Waals surface area contributed by atoms with Gasteiger partial charge in [0.1, 0.15) is 45.5 Å². The summed E-state index contributed by atoms with van der Waals surface area (Å²) in [5, 5.41) is 17.5. The fraction of sp³-hybridized carbons (Fsp3) is 0.462. The van der Waals surface area contributed by atoms with Crippen molar-refractivity contribution < 1.29 is 32.3 Å². The first-order valence-corrected chi connectivity index (χ1v) is 21.7. The van der Waals surface area contributed by atoms with Crippen molar-refractivity contribution in [1.29, 1.82) is 0 Å². The number of carbonyl (C=O) groups excluding carboxylic acids is 4. The molecule has 3 aromatic heterocycles. The van der Waals surface area contributed by atoms with Gasteiger partial charge in [0.2, 0.25) is 21.8 Å². The summed E-state index contributed by atoms with van der Waals surface area (Å²) in [7, 11) is -0.569. The number of sulfonamides is 1. The number of fused-ring (bicyclic) bond motifs is 2. The summed E-state index contributed by atoms with van der Waals surface area (Å²) < 4.78 is 35.1. The van der Waals surface area contributed by atoms with E-state index < -0.39 is 68.5 Å². The molecular formula is C39H45N9O7S2. The Balaban J connectivity index is 1.15. The molecule has 5 atom stereocenters. The van der Waals surface area contributed by atoms with Crippen LogP contribution in [0.15, 0.2) is 66.3 Å². The van der Waals surface area contributed by atoms with Crippen LogP contribution in [0.5, 0.6) is 5.75 Å². The monoisotopic (exact) mass is 815 g/mol. The Morgan fingerprint density at radius 1 is 1.04 bits per heavy atom. The molecule has 5 heterocycles. The number of amides is 4. The third kappa shape index (κ3) is 7.84. The molecule has 16 nitrogen and oxygen atoms in total. The molecule has 0 spiro atoms. The molecule has 2 aliphatic carbocycles. The largest absolute Gasteiger partial charge is 0.497 e. The van der Waals surface area contributed by atoms with Crippen molar-refractivity contribution in [3.8, 4) is 27.7 Å². The zero-order chi connectivity index (χ0) is 39.9. The van der Waals surface area contributed by atoms with Crippen LogP contribution in [0.4, 0.5) is 0 Å². The molecule has 4 aromatic rings. The van der Waals surface area contributed by atoms with Gasteiger partial charge in [0, 0.05) is 49.3 Å². The normalized spacial score (nSPS) is 26.0. The minimum absolute atomic E-state index is 0.0279. The zero-order valence-corrected chi connectivity index (χ0v) is 33.3. The van der Waals surface area contributed by atoms with Gasteiger partial charge in [-0.1, -0.05) is 25.0 Å². The maximum Gasteiger partial charge on any atom is 0.268 e. The van der Waals surface area contributed by atoms with E-state index in [1.54, 1.807) is 43.3 Å². The number of hydrogen-bond acceptors (Lipinski definition) is 11. The van der Waals surface area contributed by atoms with Crippen LogP contribution in [0.2, 0.25) is 0 Å². The Labute approximate surface area is 334 Å². The van der Waals surface area contributed by atoms with Crippen molar-refractivity contribution in [3.05, 3.63) is 72.0 Å². The molecule has 4 amide bonds. The lowest BCUT2D eigenvalue weighted by atomic mass is 10.0. The smallest absolute Gasteiger partial charge is 0.268 e. The number of nitrogens with one attached hydrogen (secondary N) is 3. The highest BCUT2D eigenvalue weighted by Crippen LogP contribution is 2.46. The Kier molecular flexibility index (Phi) is 10.5. The number of nitrogens with zero attached hydrogens (tertiary/aromatic N) is 6. The maximum atomic E-state index is 14.8. The second kappa shape index (κ2) is 15.5. The summed E-state index contributed by atoms with van der Waals surface area (Å²) in [6.45, 7) is 0.0279. The van der Waals surface area contributed by atoms with Gasteiger partial charge in [-0.15, -0.1) is 16.4 Å². The number of ether oxygens (including phenoxy) is 1. The standard InChI is InChI=1S/C39H45N9O7S2/c1-46-19-8-11-30(46)34(49)41-29-10-7-5-3-4-6-9-25-22-39(25,38(52)45-57(53,54)28-16-17-28)42-35(50)31-21-26(23-47(31)37(29)51)48-43-32(24-12-14-27(55-2)15-13-24)33(44-48)36-40-18-20-56-36/h6,8-9,11-15,18-20,25-26,28-29,31H,3-5,7,10,16-17,21-23H2,1-2H3,(H,41,49)(H,42,50)(H,45,52)/b9-6+/t25-,26-,29-,31+,39-/m1/s1. The van der Waals surface area contributed by atoms with Gasteiger partial charge >= 0.3 is 0 Å². The predicted octanol–water partition coefficient (Wildman–Crippen LogP) is 3.36. The van der Waals surface area contributed by atoms with E-state index in [2.05, 4.69) is 20.3 Å². The average Bonchev–Trinajstić information content (AvgIpc) is 3.81. The van der Waals surface area contributed by atoms with E-state index in [9.17, 15) is 27.6 Å². The molecule has 2 aliphatic heterocycles. The fourth-order valence-corrected chi connectivity index (χ4v) is 9.77. The Morgan fingerprint density at radius 3 is 2.53 bits per heavy atom. The molecule has 57 heavy (non-hydrogen) atoms. The van der Waals surface area contributed by atoms with Crippen LogP contribution in [0.3, 0.4) is 0 Å². The molecule has 300 valence electrons. The molecule has 8 rings (SSSR count). The first-order valence-electron chi connectivity index (χ1n) is 19.3. The highest BCUT2D eigenvalue weighted by molar-refractivity contribution is 7.91. The summed E-state index contributed by atoms with van der Waals surface area (Å²) in [6, 6.07) is 8.15. The fourth-order valence-electron chi connectivity index (χ4n) is 7.79. The van der Waals surface area contributed by atoms with Crippen molar-refractivity contribution in [3.63, 3.8) is 0 Å². The minimum Gasteiger partial charge on any atom is -0.497 e. The topological polar surface area (TPSA) is 200 Å². The third-order valence-electron chi connectivity index (χ3n) is 11.3. The van der Waals surface area contributed by atoms with Crippen molar-refractivity contribution in [2.75, 3.05) is 13.7 Å². The van der Waals surface area contributed by atoms with Crippen molar-refractivity contribution in [2.24, 2.45) is 13.0 Å². The number of methoxy groups -OCH3 is 1. The predicted molar refractivity (Wildman–Crippen MR) is 210 cm³/mol. The second-order valence-corrected chi connectivity index (χ2v) is 18.1. The van der Waals surface area contributed by atoms with E-state index in [1.165, 1.54) is 21.0 Å². The van der Waals surface area contributed by atoms with Crippen LogP contribution < -0.4 is 20.1 Å². The maximum absolute atomic E-state index is 14.8. The quantitative estimate of drug-likeness (QED) is 0.211. The van der Waals surface area contributed by atoms with Crippen LogP contribution >= 0.6 is 11.3 Å². The summed E-state index contributed by atoms with van der Waals surface area (Å²) in [6.07, 6.45) is 11.8. The molecule has 4 aliphatic rings. The van der Waals surface area contributed by atoms with Gasteiger partial charge < -0.3 is 24.8 Å². The molecule has 2 saturated carbocycles. The van der Waals surface area contributed by atoms with Gasteiger partial charge in [0.05, 0.1) is 18.4 Å². The molecule has 3 fully saturated rings. The lowest BCUT2D eigenvalue weighted by Gasteiger charge is -2.30. The van der Waals surface area contributed by atoms with Crippen LogP contribution in [0, 0.1) is 5.92 Å². The highest BCUT2D eigenvalue weighted by atomic mass is 32.2. The summed E-state index contributed by atoms with van der Waals surface area (Å²) in [5.74, 6) is -2.01. The first kappa shape index (κ1) is 38.5. The lowest BCUT2D eigenvalue weighted by molar-refractivity contribution is -0.141. The third-order valence-corrected chi connectivity index (χ3v) is 13.9. The number of aryl methyl sites for hydroxylation is 1. The van der Waals surface area contributed by atoms with Crippen LogP contribution in [0.1, 0.15) is 74.3 Å². The van der Waals surface area contributed by atoms with Crippen LogP contribution in [-0.4, -0.2) is 98.0 Å². The van der Waals surface area contributed by atoms with Gasteiger partial charge in [0.15, 0.2) is 0 Å². The summed E-state index contributed by atoms with van der Waals surface area (Å²) in [4.78, 5) is 64.2. The van der Waals surface area contributed by atoms with E-state index in [1.807, 2.05) is 41.8 Å². The van der Waals surface area contributed by atoms with E-state index in [0.717, 1.165) is 18.4 Å². The van der Waals surface area contributed by atoms with Crippen molar-refractivity contribution in [2.45, 2.75) is 86.7 Å². The number of benzene rings is 1. The van der Waals surface area contributed by atoms with E-state index in [4.69, 9.17) is 14.9 Å². The Hall–Kier alpha value is -5.36. The first-order chi connectivity index (χ1) is 27.5. The number of carbonyl (C=O) groups is 4. The Morgan fingerprint density at radius 2 is 1.82 bits per heavy atom. The van der Waals surface area contributed by atoms with Crippen molar-refractivity contribution >= 4 is 45.0 Å². The van der Waals surface area contributed by atoms with Gasteiger partial charge in [-0.05, 0) is 74.9 Å². The minimum atomic E-state index is -3.90. The molecule has 0 bridgehead atoms. The summed E-state index contributed by atoms with van der Waals surface area (Å²) in [5.41, 5.74) is 0.725. The highest BCUT2D eigenvalue weighted by Gasteiger charge is 2.62. The van der Waals surface area contributed by atoms with Crippen LogP contribution in [-0.2, 0) is 31.5 Å². The molecule has 0 unspecified atom stereocenters. The number of rotatable bonds is 9.